The minimum Gasteiger partial charge on any atom is -0.490 e. The van der Waals surface area contributed by atoms with Crippen LogP contribution in [0.1, 0.15) is 31.0 Å². The third-order valence-corrected chi connectivity index (χ3v) is 3.59. The lowest BCUT2D eigenvalue weighted by Gasteiger charge is -2.16. The van der Waals surface area contributed by atoms with E-state index in [0.29, 0.717) is 24.7 Å². The maximum absolute atomic E-state index is 10.9. The molecule has 0 aliphatic rings. The molecule has 0 aliphatic carbocycles. The lowest BCUT2D eigenvalue weighted by Crippen LogP contribution is -2.20. The number of carbonyl (C=O) groups excluding carboxylic acids is 1. The lowest BCUT2D eigenvalue weighted by molar-refractivity contribution is -0.119. The Morgan fingerprint density at radius 2 is 1.88 bits per heavy atom. The summed E-state index contributed by atoms with van der Waals surface area (Å²) in [4.78, 5) is 10.9. The highest BCUT2D eigenvalue weighted by molar-refractivity contribution is 5.75. The minimum absolute atomic E-state index is 0.164. The number of hydrogen-bond acceptors (Lipinski definition) is 4. The van der Waals surface area contributed by atoms with Crippen LogP contribution in [-0.4, -0.2) is 19.1 Å². The first-order valence-electron chi connectivity index (χ1n) is 8.05. The van der Waals surface area contributed by atoms with Crippen molar-refractivity contribution in [3.05, 3.63) is 59.7 Å². The lowest BCUT2D eigenvalue weighted by atomic mass is 10.1. The van der Waals surface area contributed by atoms with Crippen molar-refractivity contribution in [2.45, 2.75) is 26.4 Å². The second-order valence-electron chi connectivity index (χ2n) is 5.48. The van der Waals surface area contributed by atoms with Crippen molar-refractivity contribution in [1.82, 2.24) is 5.32 Å². The SMILES string of the molecule is CCOc1cc(CN[C@H](C)c2ccccc2)ccc1OCC(N)=O. The van der Waals surface area contributed by atoms with Gasteiger partial charge in [0.2, 0.25) is 0 Å². The van der Waals surface area contributed by atoms with Crippen LogP contribution in [-0.2, 0) is 11.3 Å². The van der Waals surface area contributed by atoms with Crippen LogP contribution in [0.15, 0.2) is 48.5 Å². The number of primary amides is 1. The molecule has 0 radical (unpaired) electrons. The molecule has 5 heteroatoms. The number of carbonyl (C=O) groups is 1. The average molecular weight is 328 g/mol. The van der Waals surface area contributed by atoms with Gasteiger partial charge in [0.15, 0.2) is 18.1 Å². The topological polar surface area (TPSA) is 73.6 Å². The van der Waals surface area contributed by atoms with E-state index in [1.807, 2.05) is 37.3 Å². The van der Waals surface area contributed by atoms with Crippen LogP contribution < -0.4 is 20.5 Å². The minimum atomic E-state index is -0.514. The molecule has 2 aromatic rings. The molecule has 24 heavy (non-hydrogen) atoms. The number of rotatable bonds is 9. The fourth-order valence-corrected chi connectivity index (χ4v) is 2.33. The third kappa shape index (κ3) is 5.28. The number of nitrogens with one attached hydrogen (secondary N) is 1. The van der Waals surface area contributed by atoms with E-state index < -0.39 is 5.91 Å². The molecule has 0 saturated carbocycles. The molecule has 2 rings (SSSR count). The van der Waals surface area contributed by atoms with Crippen LogP contribution in [0.2, 0.25) is 0 Å². The summed E-state index contributed by atoms with van der Waals surface area (Å²) in [6.07, 6.45) is 0. The van der Waals surface area contributed by atoms with Gasteiger partial charge in [-0.1, -0.05) is 36.4 Å². The summed E-state index contributed by atoms with van der Waals surface area (Å²) in [6.45, 7) is 5.09. The first-order valence-corrected chi connectivity index (χ1v) is 8.05. The molecule has 0 aliphatic heterocycles. The van der Waals surface area contributed by atoms with E-state index in [9.17, 15) is 4.79 Å². The summed E-state index contributed by atoms with van der Waals surface area (Å²) in [7, 11) is 0. The van der Waals surface area contributed by atoms with E-state index in [1.165, 1.54) is 5.56 Å². The highest BCUT2D eigenvalue weighted by atomic mass is 16.5. The van der Waals surface area contributed by atoms with E-state index >= 15 is 0 Å². The molecular formula is C19H24N2O3. The Labute approximate surface area is 142 Å². The van der Waals surface area contributed by atoms with Crippen LogP contribution in [0.5, 0.6) is 11.5 Å². The fraction of sp³-hybridized carbons (Fsp3) is 0.316. The van der Waals surface area contributed by atoms with Crippen molar-refractivity contribution in [3.63, 3.8) is 0 Å². The summed E-state index contributed by atoms with van der Waals surface area (Å²) in [5, 5.41) is 3.48. The number of nitrogens with two attached hydrogens (primary N) is 1. The van der Waals surface area contributed by atoms with Crippen molar-refractivity contribution >= 4 is 5.91 Å². The Bertz CT molecular complexity index is 659. The Morgan fingerprint density at radius 1 is 1.12 bits per heavy atom. The van der Waals surface area contributed by atoms with Gasteiger partial charge in [0.25, 0.3) is 5.91 Å². The van der Waals surface area contributed by atoms with Gasteiger partial charge in [-0.15, -0.1) is 0 Å². The van der Waals surface area contributed by atoms with Crippen molar-refractivity contribution < 1.29 is 14.3 Å². The van der Waals surface area contributed by atoms with Crippen molar-refractivity contribution in [2.75, 3.05) is 13.2 Å². The monoisotopic (exact) mass is 328 g/mol. The van der Waals surface area contributed by atoms with Crippen molar-refractivity contribution in [3.8, 4) is 11.5 Å². The Kier molecular flexibility index (Phi) is 6.63. The van der Waals surface area contributed by atoms with Crippen LogP contribution in [0.25, 0.3) is 0 Å². The zero-order chi connectivity index (χ0) is 17.4. The van der Waals surface area contributed by atoms with Crippen LogP contribution >= 0.6 is 0 Å². The first kappa shape index (κ1) is 17.8. The summed E-state index contributed by atoms with van der Waals surface area (Å²) in [6, 6.07) is 16.2. The average Bonchev–Trinajstić information content (AvgIpc) is 2.59. The highest BCUT2D eigenvalue weighted by Crippen LogP contribution is 2.28. The van der Waals surface area contributed by atoms with Gasteiger partial charge < -0.3 is 20.5 Å². The molecule has 128 valence electrons. The summed E-state index contributed by atoms with van der Waals surface area (Å²) >= 11 is 0. The molecule has 3 N–H and O–H groups in total. The molecule has 0 saturated heterocycles. The van der Waals surface area contributed by atoms with Crippen LogP contribution in [0, 0.1) is 0 Å². The summed E-state index contributed by atoms with van der Waals surface area (Å²) in [5.41, 5.74) is 7.43. The van der Waals surface area contributed by atoms with E-state index in [2.05, 4.69) is 24.4 Å². The third-order valence-electron chi connectivity index (χ3n) is 3.59. The van der Waals surface area contributed by atoms with Crippen molar-refractivity contribution in [2.24, 2.45) is 5.73 Å². The predicted octanol–water partition coefficient (Wildman–Crippen LogP) is 2.80. The molecular weight excluding hydrogens is 304 g/mol. The number of hydrogen-bond donors (Lipinski definition) is 2. The first-order chi connectivity index (χ1) is 11.6. The van der Waals surface area contributed by atoms with Gasteiger partial charge in [0, 0.05) is 12.6 Å². The normalized spacial score (nSPS) is 11.8. The van der Waals surface area contributed by atoms with Gasteiger partial charge in [0.05, 0.1) is 6.61 Å². The van der Waals surface area contributed by atoms with Gasteiger partial charge in [-0.3, -0.25) is 4.79 Å². The number of benzene rings is 2. The Balaban J connectivity index is 2.02. The highest BCUT2D eigenvalue weighted by Gasteiger charge is 2.09. The van der Waals surface area contributed by atoms with Crippen molar-refractivity contribution in [1.29, 1.82) is 0 Å². The summed E-state index contributed by atoms with van der Waals surface area (Å²) < 4.78 is 11.0. The second-order valence-corrected chi connectivity index (χ2v) is 5.48. The molecule has 0 fully saturated rings. The number of amides is 1. The molecule has 0 heterocycles. The molecule has 5 nitrogen and oxygen atoms in total. The van der Waals surface area contributed by atoms with Crippen LogP contribution in [0.4, 0.5) is 0 Å². The fourth-order valence-electron chi connectivity index (χ4n) is 2.33. The molecule has 0 aromatic heterocycles. The zero-order valence-corrected chi connectivity index (χ0v) is 14.1. The second kappa shape index (κ2) is 8.93. The number of ether oxygens (including phenoxy) is 2. The van der Waals surface area contributed by atoms with Gasteiger partial charge in [-0.25, -0.2) is 0 Å². The molecule has 1 atom stereocenters. The largest absolute Gasteiger partial charge is 0.490 e. The quantitative estimate of drug-likeness (QED) is 0.742. The summed E-state index contributed by atoms with van der Waals surface area (Å²) in [5.74, 6) is 0.626. The van der Waals surface area contributed by atoms with Gasteiger partial charge in [-0.05, 0) is 37.1 Å². The smallest absolute Gasteiger partial charge is 0.255 e. The predicted molar refractivity (Wildman–Crippen MR) is 94.0 cm³/mol. The van der Waals surface area contributed by atoms with E-state index in [-0.39, 0.29) is 12.6 Å². The zero-order valence-electron chi connectivity index (χ0n) is 14.1. The Morgan fingerprint density at radius 3 is 2.54 bits per heavy atom. The molecule has 0 unspecified atom stereocenters. The van der Waals surface area contributed by atoms with Gasteiger partial charge in [-0.2, -0.15) is 0 Å². The van der Waals surface area contributed by atoms with E-state index in [0.717, 1.165) is 5.56 Å². The molecule has 0 bridgehead atoms. The van der Waals surface area contributed by atoms with Gasteiger partial charge >= 0.3 is 0 Å². The molecule has 1 amide bonds. The Hall–Kier alpha value is -2.53. The molecule has 2 aromatic carbocycles. The van der Waals surface area contributed by atoms with Crippen LogP contribution in [0.3, 0.4) is 0 Å². The maximum Gasteiger partial charge on any atom is 0.255 e. The van der Waals surface area contributed by atoms with E-state index in [4.69, 9.17) is 15.2 Å². The molecule has 0 spiro atoms. The maximum atomic E-state index is 10.9. The van der Waals surface area contributed by atoms with Gasteiger partial charge in [0.1, 0.15) is 0 Å². The standard InChI is InChI=1S/C19H24N2O3/c1-3-23-18-11-15(9-10-17(18)24-13-19(20)22)12-21-14(2)16-7-5-4-6-8-16/h4-11,14,21H,3,12-13H2,1-2H3,(H2,20,22)/t14-/m1/s1. The van der Waals surface area contributed by atoms with E-state index in [1.54, 1.807) is 6.07 Å².